The Kier molecular flexibility index (Phi) is 8.66. The van der Waals surface area contributed by atoms with Crippen LogP contribution in [0.3, 0.4) is 0 Å². The molecule has 0 saturated carbocycles. The summed E-state index contributed by atoms with van der Waals surface area (Å²) in [7, 11) is 0. The van der Waals surface area contributed by atoms with Crippen LogP contribution in [0, 0.1) is 10.1 Å². The van der Waals surface area contributed by atoms with Crippen LogP contribution in [-0.4, -0.2) is 73.3 Å². The second-order valence-corrected chi connectivity index (χ2v) is 6.65. The molecule has 2 rings (SSSR count). The van der Waals surface area contributed by atoms with Gasteiger partial charge in [-0.15, -0.1) is 22.7 Å². The van der Waals surface area contributed by atoms with E-state index in [0.29, 0.717) is 18.6 Å². The molecule has 1 aromatic carbocycles. The van der Waals surface area contributed by atoms with Gasteiger partial charge in [-0.05, 0) is 31.0 Å². The number of ether oxygens (including phenoxy) is 1. The number of esters is 1. The Labute approximate surface area is 158 Å². The monoisotopic (exact) mass is 383 g/mol. The van der Waals surface area contributed by atoms with Crippen molar-refractivity contribution in [1.29, 1.82) is 0 Å². The number of nitrogens with zero attached hydrogens (tertiary/aromatic N) is 3. The minimum Gasteiger partial charge on any atom is -0.462 e. The predicted octanol–water partition coefficient (Wildman–Crippen LogP) is 1.74. The Morgan fingerprint density at radius 3 is 2.31 bits per heavy atom. The minimum atomic E-state index is -0.750. The normalized spacial score (nSPS) is 15.6. The largest absolute Gasteiger partial charge is 0.462 e. The summed E-state index contributed by atoms with van der Waals surface area (Å²) in [5.74, 6) is -0.317. The molecule has 0 unspecified atom stereocenters. The van der Waals surface area contributed by atoms with Crippen molar-refractivity contribution < 1.29 is 19.5 Å². The zero-order chi connectivity index (χ0) is 18.8. The third-order valence-corrected chi connectivity index (χ3v) is 4.49. The molecule has 0 aromatic heterocycles. The SMILES string of the molecule is O=C(OCCCN1CCN(CCCO[N+](=O)[O-])CC1)c1cccc(S)c1. The van der Waals surface area contributed by atoms with Gasteiger partial charge in [-0.1, -0.05) is 6.07 Å². The van der Waals surface area contributed by atoms with Gasteiger partial charge in [-0.3, -0.25) is 0 Å². The van der Waals surface area contributed by atoms with Crippen LogP contribution in [0.4, 0.5) is 0 Å². The van der Waals surface area contributed by atoms with Crippen molar-refractivity contribution in [3.8, 4) is 0 Å². The van der Waals surface area contributed by atoms with Crippen molar-refractivity contribution in [2.75, 3.05) is 52.5 Å². The zero-order valence-electron chi connectivity index (χ0n) is 14.7. The third kappa shape index (κ3) is 7.59. The van der Waals surface area contributed by atoms with Crippen molar-refractivity contribution in [2.24, 2.45) is 0 Å². The molecule has 1 aliphatic heterocycles. The molecule has 1 aromatic rings. The number of carbonyl (C=O) groups excluding carboxylic acids is 1. The maximum atomic E-state index is 11.9. The van der Waals surface area contributed by atoms with E-state index in [-0.39, 0.29) is 12.6 Å². The van der Waals surface area contributed by atoms with E-state index in [9.17, 15) is 14.9 Å². The first kappa shape index (κ1) is 20.5. The predicted molar refractivity (Wildman–Crippen MR) is 99.0 cm³/mol. The van der Waals surface area contributed by atoms with Gasteiger partial charge < -0.3 is 19.4 Å². The Morgan fingerprint density at radius 2 is 1.73 bits per heavy atom. The summed E-state index contributed by atoms with van der Waals surface area (Å²) in [6.45, 7) is 6.02. The van der Waals surface area contributed by atoms with Gasteiger partial charge in [0.2, 0.25) is 0 Å². The summed E-state index contributed by atoms with van der Waals surface area (Å²) in [6.07, 6.45) is 1.45. The molecule has 0 aliphatic carbocycles. The Balaban J connectivity index is 1.53. The fourth-order valence-corrected chi connectivity index (χ4v) is 3.06. The number of carbonyl (C=O) groups is 1. The summed E-state index contributed by atoms with van der Waals surface area (Å²) in [6, 6.07) is 7.01. The lowest BCUT2D eigenvalue weighted by Crippen LogP contribution is -2.47. The highest BCUT2D eigenvalue weighted by Crippen LogP contribution is 2.10. The summed E-state index contributed by atoms with van der Waals surface area (Å²) in [4.78, 5) is 31.7. The van der Waals surface area contributed by atoms with Gasteiger partial charge >= 0.3 is 5.97 Å². The van der Waals surface area contributed by atoms with Crippen LogP contribution in [0.15, 0.2) is 29.2 Å². The molecule has 9 heteroatoms. The lowest BCUT2D eigenvalue weighted by Gasteiger charge is -2.34. The topological polar surface area (TPSA) is 85.2 Å². The second-order valence-electron chi connectivity index (χ2n) is 6.13. The van der Waals surface area contributed by atoms with Crippen LogP contribution in [0.25, 0.3) is 0 Å². The Morgan fingerprint density at radius 1 is 1.12 bits per heavy atom. The van der Waals surface area contributed by atoms with Crippen LogP contribution in [0.1, 0.15) is 23.2 Å². The molecule has 1 heterocycles. The van der Waals surface area contributed by atoms with E-state index in [0.717, 1.165) is 50.6 Å². The molecular formula is C17H25N3O5S. The van der Waals surface area contributed by atoms with E-state index in [1.165, 1.54) is 0 Å². The molecule has 1 saturated heterocycles. The van der Waals surface area contributed by atoms with Gasteiger partial charge in [0.1, 0.15) is 0 Å². The number of hydrogen-bond acceptors (Lipinski definition) is 8. The number of hydrogen-bond donors (Lipinski definition) is 1. The van der Waals surface area contributed by atoms with Crippen molar-refractivity contribution in [3.63, 3.8) is 0 Å². The van der Waals surface area contributed by atoms with Crippen LogP contribution >= 0.6 is 12.6 Å². The fourth-order valence-electron chi connectivity index (χ4n) is 2.83. The summed E-state index contributed by atoms with van der Waals surface area (Å²) < 4.78 is 5.30. The molecule has 0 spiro atoms. The smallest absolute Gasteiger partial charge is 0.338 e. The highest BCUT2D eigenvalue weighted by molar-refractivity contribution is 7.80. The first-order chi connectivity index (χ1) is 12.5. The van der Waals surface area contributed by atoms with Gasteiger partial charge in [-0.2, -0.15) is 0 Å². The maximum Gasteiger partial charge on any atom is 0.338 e. The van der Waals surface area contributed by atoms with Crippen LogP contribution in [0.5, 0.6) is 0 Å². The summed E-state index contributed by atoms with van der Waals surface area (Å²) in [5.41, 5.74) is 0.521. The first-order valence-electron chi connectivity index (χ1n) is 8.73. The van der Waals surface area contributed by atoms with Crippen molar-refractivity contribution in [1.82, 2.24) is 9.80 Å². The molecule has 0 radical (unpaired) electrons. The highest BCUT2D eigenvalue weighted by atomic mass is 32.1. The van der Waals surface area contributed by atoms with Crippen molar-refractivity contribution >= 4 is 18.6 Å². The van der Waals surface area contributed by atoms with Crippen LogP contribution in [0.2, 0.25) is 0 Å². The van der Waals surface area contributed by atoms with E-state index in [1.54, 1.807) is 18.2 Å². The van der Waals surface area contributed by atoms with E-state index in [4.69, 9.17) is 4.74 Å². The number of piperazine rings is 1. The third-order valence-electron chi connectivity index (χ3n) is 4.21. The molecule has 8 nitrogen and oxygen atoms in total. The van der Waals surface area contributed by atoms with E-state index in [1.807, 2.05) is 6.07 Å². The van der Waals surface area contributed by atoms with E-state index >= 15 is 0 Å². The Hall–Kier alpha value is -1.84. The molecule has 144 valence electrons. The molecule has 1 aliphatic rings. The maximum absolute atomic E-state index is 11.9. The van der Waals surface area contributed by atoms with Crippen molar-refractivity contribution in [3.05, 3.63) is 39.9 Å². The highest BCUT2D eigenvalue weighted by Gasteiger charge is 2.16. The van der Waals surface area contributed by atoms with Crippen molar-refractivity contribution in [2.45, 2.75) is 17.7 Å². The second kappa shape index (κ2) is 11.0. The van der Waals surface area contributed by atoms with Gasteiger partial charge in [-0.25, -0.2) is 4.79 Å². The number of benzene rings is 1. The number of thiol groups is 1. The molecule has 1 fully saturated rings. The summed E-state index contributed by atoms with van der Waals surface area (Å²) >= 11 is 4.21. The van der Waals surface area contributed by atoms with Crippen LogP contribution < -0.4 is 0 Å². The average Bonchev–Trinajstić information content (AvgIpc) is 2.63. The van der Waals surface area contributed by atoms with Gasteiger partial charge in [0.05, 0.1) is 18.8 Å². The van der Waals surface area contributed by atoms with E-state index < -0.39 is 5.09 Å². The lowest BCUT2D eigenvalue weighted by molar-refractivity contribution is -0.757. The zero-order valence-corrected chi connectivity index (χ0v) is 15.6. The van der Waals surface area contributed by atoms with Gasteiger partial charge in [0.15, 0.2) is 0 Å². The van der Waals surface area contributed by atoms with Crippen LogP contribution in [-0.2, 0) is 9.57 Å². The van der Waals surface area contributed by atoms with Gasteiger partial charge in [0, 0.05) is 44.2 Å². The minimum absolute atomic E-state index is 0.148. The molecule has 0 amide bonds. The standard InChI is InChI=1S/C17H25N3O5S/c21-17(15-4-1-5-16(26)14-15)24-12-2-6-18-8-10-19(11-9-18)7-3-13-25-20(22)23/h1,4-5,14,26H,2-3,6-13H2. The van der Waals surface area contributed by atoms with Gasteiger partial charge in [0.25, 0.3) is 5.09 Å². The first-order valence-corrected chi connectivity index (χ1v) is 9.17. The fraction of sp³-hybridized carbons (Fsp3) is 0.588. The molecule has 26 heavy (non-hydrogen) atoms. The number of rotatable bonds is 10. The molecule has 0 bridgehead atoms. The Bertz CT molecular complexity index is 594. The molecule has 0 N–H and O–H groups in total. The summed E-state index contributed by atoms with van der Waals surface area (Å²) in [5, 5.41) is 9.33. The molecular weight excluding hydrogens is 358 g/mol. The molecule has 0 atom stereocenters. The van der Waals surface area contributed by atoms with E-state index in [2.05, 4.69) is 27.3 Å². The average molecular weight is 383 g/mol. The lowest BCUT2D eigenvalue weighted by atomic mass is 10.2. The quantitative estimate of drug-likeness (QED) is 0.217.